The van der Waals surface area contributed by atoms with Gasteiger partial charge in [-0.1, -0.05) is 6.07 Å². The monoisotopic (exact) mass is 192 g/mol. The molecule has 0 aliphatic carbocycles. The zero-order valence-corrected chi connectivity index (χ0v) is 7.16. The first-order valence-electron chi connectivity index (χ1n) is 3.86. The summed E-state index contributed by atoms with van der Waals surface area (Å²) in [6, 6.07) is 4.33. The molecule has 2 atom stereocenters. The van der Waals surface area contributed by atoms with Gasteiger partial charge in [0.25, 0.3) is 0 Å². The van der Waals surface area contributed by atoms with Crippen molar-refractivity contribution in [3.8, 4) is 6.07 Å². The number of rotatable bonds is 3. The lowest BCUT2D eigenvalue weighted by Crippen LogP contribution is -2.15. The van der Waals surface area contributed by atoms with Gasteiger partial charge in [-0.3, -0.25) is 9.78 Å². The molecule has 1 rings (SSSR count). The van der Waals surface area contributed by atoms with E-state index in [4.69, 9.17) is 10.4 Å². The van der Waals surface area contributed by atoms with Gasteiger partial charge in [0.2, 0.25) is 0 Å². The van der Waals surface area contributed by atoms with E-state index in [1.165, 1.54) is 24.4 Å². The fourth-order valence-corrected chi connectivity index (χ4v) is 0.914. The van der Waals surface area contributed by atoms with Gasteiger partial charge >= 0.3 is 0 Å². The topological polar surface area (TPSA) is 94.2 Å². The van der Waals surface area contributed by atoms with E-state index in [-0.39, 0.29) is 5.69 Å². The fourth-order valence-electron chi connectivity index (χ4n) is 0.914. The Bertz CT molecular complexity index is 355. The highest BCUT2D eigenvalue weighted by molar-refractivity contribution is 5.71. The highest BCUT2D eigenvalue weighted by Gasteiger charge is 2.17. The quantitative estimate of drug-likeness (QED) is 0.511. The molecule has 0 spiro atoms. The molecular weight excluding hydrogens is 184 g/mol. The Morgan fingerprint density at radius 1 is 1.50 bits per heavy atom. The predicted molar refractivity (Wildman–Crippen MR) is 46.2 cm³/mol. The van der Waals surface area contributed by atoms with Crippen molar-refractivity contribution in [1.29, 1.82) is 5.26 Å². The maximum atomic E-state index is 10.3. The lowest BCUT2D eigenvalue weighted by molar-refractivity contribution is 0.0525. The molecule has 2 N–H and O–H groups in total. The third-order valence-electron chi connectivity index (χ3n) is 1.70. The van der Waals surface area contributed by atoms with Gasteiger partial charge in [-0.05, 0) is 6.07 Å². The van der Waals surface area contributed by atoms with Gasteiger partial charge in [-0.25, -0.2) is 0 Å². The molecule has 1 heterocycles. The van der Waals surface area contributed by atoms with Crippen LogP contribution in [0.4, 0.5) is 0 Å². The molecule has 5 nitrogen and oxygen atoms in total. The minimum Gasteiger partial charge on any atom is -0.384 e. The van der Waals surface area contributed by atoms with E-state index >= 15 is 0 Å². The molecule has 0 bridgehead atoms. The summed E-state index contributed by atoms with van der Waals surface area (Å²) in [5.74, 6) is 0. The van der Waals surface area contributed by atoms with Crippen molar-refractivity contribution < 1.29 is 15.0 Å². The first kappa shape index (κ1) is 10.3. The molecule has 0 aromatic carbocycles. The number of aromatic nitrogens is 1. The largest absolute Gasteiger partial charge is 0.384 e. The highest BCUT2D eigenvalue weighted by Crippen LogP contribution is 2.15. The van der Waals surface area contributed by atoms with Gasteiger partial charge in [0.05, 0.1) is 6.07 Å². The fraction of sp³-hybridized carbons (Fsp3) is 0.222. The highest BCUT2D eigenvalue weighted by atomic mass is 16.3. The molecule has 0 aliphatic heterocycles. The SMILES string of the molecule is N#CC(O)C(O)c1ccc(C=O)nc1. The number of nitrogens with zero attached hydrogens (tertiary/aromatic N) is 2. The molecule has 0 fully saturated rings. The van der Waals surface area contributed by atoms with Gasteiger partial charge in [-0.2, -0.15) is 5.26 Å². The summed E-state index contributed by atoms with van der Waals surface area (Å²) in [5.41, 5.74) is 0.525. The summed E-state index contributed by atoms with van der Waals surface area (Å²) in [5, 5.41) is 26.7. The van der Waals surface area contributed by atoms with Crippen LogP contribution >= 0.6 is 0 Å². The van der Waals surface area contributed by atoms with E-state index in [9.17, 15) is 9.90 Å². The molecule has 0 radical (unpaired) electrons. The van der Waals surface area contributed by atoms with Crippen LogP contribution in [0.25, 0.3) is 0 Å². The van der Waals surface area contributed by atoms with Crippen LogP contribution in [0, 0.1) is 11.3 Å². The first-order valence-corrected chi connectivity index (χ1v) is 3.86. The second kappa shape index (κ2) is 4.46. The van der Waals surface area contributed by atoms with Gasteiger partial charge in [0, 0.05) is 11.8 Å². The molecule has 0 amide bonds. The van der Waals surface area contributed by atoms with E-state index < -0.39 is 12.2 Å². The first-order chi connectivity index (χ1) is 6.69. The number of aldehydes is 1. The van der Waals surface area contributed by atoms with Crippen molar-refractivity contribution in [2.24, 2.45) is 0 Å². The summed E-state index contributed by atoms with van der Waals surface area (Å²) in [6.07, 6.45) is -0.974. The van der Waals surface area contributed by atoms with Crippen LogP contribution < -0.4 is 0 Å². The number of aliphatic hydroxyl groups excluding tert-OH is 2. The van der Waals surface area contributed by atoms with Gasteiger partial charge < -0.3 is 10.2 Å². The third kappa shape index (κ3) is 2.13. The second-order valence-corrected chi connectivity index (χ2v) is 2.65. The number of carbonyl (C=O) groups is 1. The van der Waals surface area contributed by atoms with Crippen LogP contribution in [0.2, 0.25) is 0 Å². The average Bonchev–Trinajstić information content (AvgIpc) is 2.27. The van der Waals surface area contributed by atoms with E-state index in [0.717, 1.165) is 0 Å². The predicted octanol–water partition coefficient (Wildman–Crippen LogP) is -0.188. The van der Waals surface area contributed by atoms with Crippen LogP contribution in [-0.4, -0.2) is 27.6 Å². The normalized spacial score (nSPS) is 14.1. The molecule has 5 heteroatoms. The van der Waals surface area contributed by atoms with E-state index in [1.54, 1.807) is 0 Å². The smallest absolute Gasteiger partial charge is 0.170 e. The van der Waals surface area contributed by atoms with Crippen molar-refractivity contribution in [3.63, 3.8) is 0 Å². The lowest BCUT2D eigenvalue weighted by atomic mass is 10.1. The Morgan fingerprint density at radius 3 is 2.64 bits per heavy atom. The molecule has 0 saturated carbocycles. The Morgan fingerprint density at radius 2 is 2.21 bits per heavy atom. The van der Waals surface area contributed by atoms with E-state index in [2.05, 4.69) is 4.98 Å². The number of hydrogen-bond donors (Lipinski definition) is 2. The van der Waals surface area contributed by atoms with Gasteiger partial charge in [0.1, 0.15) is 11.8 Å². The third-order valence-corrected chi connectivity index (χ3v) is 1.70. The van der Waals surface area contributed by atoms with Crippen LogP contribution in [0.3, 0.4) is 0 Å². The standard InChI is InChI=1S/C9H8N2O3/c10-3-8(13)9(14)6-1-2-7(5-12)11-4-6/h1-2,4-5,8-9,13-14H. The summed E-state index contributed by atoms with van der Waals surface area (Å²) in [7, 11) is 0. The van der Waals surface area contributed by atoms with Crippen LogP contribution in [0.15, 0.2) is 18.3 Å². The summed E-state index contributed by atoms with van der Waals surface area (Å²) < 4.78 is 0. The van der Waals surface area contributed by atoms with Gasteiger partial charge in [-0.15, -0.1) is 0 Å². The summed E-state index contributed by atoms with van der Waals surface area (Å²) >= 11 is 0. The maximum Gasteiger partial charge on any atom is 0.170 e. The van der Waals surface area contributed by atoms with Crippen molar-refractivity contribution in [1.82, 2.24) is 4.98 Å². The zero-order chi connectivity index (χ0) is 10.6. The summed E-state index contributed by atoms with van der Waals surface area (Å²) in [6.45, 7) is 0. The van der Waals surface area contributed by atoms with Crippen LogP contribution in [-0.2, 0) is 0 Å². The molecule has 0 saturated heterocycles. The Kier molecular flexibility index (Phi) is 3.29. The Labute approximate surface area is 80.3 Å². The summed E-state index contributed by atoms with van der Waals surface area (Å²) in [4.78, 5) is 13.9. The molecule has 2 unspecified atom stereocenters. The maximum absolute atomic E-state index is 10.3. The average molecular weight is 192 g/mol. The van der Waals surface area contributed by atoms with Crippen molar-refractivity contribution in [2.75, 3.05) is 0 Å². The molecule has 72 valence electrons. The lowest BCUT2D eigenvalue weighted by Gasteiger charge is -2.10. The van der Waals surface area contributed by atoms with E-state index in [1.807, 2.05) is 0 Å². The van der Waals surface area contributed by atoms with Crippen molar-refractivity contribution in [3.05, 3.63) is 29.6 Å². The van der Waals surface area contributed by atoms with Crippen molar-refractivity contribution in [2.45, 2.75) is 12.2 Å². The number of hydrogen-bond acceptors (Lipinski definition) is 5. The number of carbonyl (C=O) groups excluding carboxylic acids is 1. The molecule has 14 heavy (non-hydrogen) atoms. The molecule has 1 aromatic heterocycles. The Hall–Kier alpha value is -1.77. The second-order valence-electron chi connectivity index (χ2n) is 2.65. The number of pyridine rings is 1. The minimum absolute atomic E-state index is 0.229. The van der Waals surface area contributed by atoms with Gasteiger partial charge in [0.15, 0.2) is 12.4 Å². The number of nitriles is 1. The molecular formula is C9H8N2O3. The van der Waals surface area contributed by atoms with Crippen molar-refractivity contribution >= 4 is 6.29 Å². The van der Waals surface area contributed by atoms with Crippen LogP contribution in [0.5, 0.6) is 0 Å². The Balaban J connectivity index is 2.87. The molecule has 0 aliphatic rings. The van der Waals surface area contributed by atoms with Crippen LogP contribution in [0.1, 0.15) is 22.2 Å². The zero-order valence-electron chi connectivity index (χ0n) is 7.16. The van der Waals surface area contributed by atoms with E-state index in [0.29, 0.717) is 11.8 Å². The number of aliphatic hydroxyl groups is 2. The minimum atomic E-state index is -1.49. The molecule has 1 aromatic rings.